The molecule has 1 atom stereocenters. The first-order valence-corrected chi connectivity index (χ1v) is 5.53. The normalized spacial score (nSPS) is 24.9. The fourth-order valence-electron chi connectivity index (χ4n) is 1.96. The Labute approximate surface area is 91.6 Å². The summed E-state index contributed by atoms with van der Waals surface area (Å²) in [7, 11) is 0. The maximum atomic E-state index is 11.0. The van der Waals surface area contributed by atoms with Gasteiger partial charge in [-0.05, 0) is 19.0 Å². The molecule has 3 heteroatoms. The lowest BCUT2D eigenvalue weighted by molar-refractivity contribution is -0.118. The highest BCUT2D eigenvalue weighted by Gasteiger charge is 2.27. The molecule has 0 aromatic carbocycles. The zero-order valence-electron chi connectivity index (χ0n) is 9.76. The van der Waals surface area contributed by atoms with Gasteiger partial charge in [0.05, 0.1) is 0 Å². The molecule has 1 amide bonds. The number of rotatable bonds is 4. The van der Waals surface area contributed by atoms with Gasteiger partial charge in [-0.3, -0.25) is 4.79 Å². The summed E-state index contributed by atoms with van der Waals surface area (Å²) >= 11 is 0. The van der Waals surface area contributed by atoms with Crippen molar-refractivity contribution in [3.63, 3.8) is 0 Å². The van der Waals surface area contributed by atoms with Crippen molar-refractivity contribution >= 4 is 5.91 Å². The summed E-state index contributed by atoms with van der Waals surface area (Å²) < 4.78 is 0. The number of likely N-dealkylation sites (N-methyl/N-ethyl adjacent to an activating group) is 1. The van der Waals surface area contributed by atoms with Crippen molar-refractivity contribution in [2.24, 2.45) is 0 Å². The third kappa shape index (κ3) is 3.20. The van der Waals surface area contributed by atoms with Gasteiger partial charge in [-0.2, -0.15) is 0 Å². The molecule has 0 saturated heterocycles. The lowest BCUT2D eigenvalue weighted by atomic mass is 9.86. The van der Waals surface area contributed by atoms with E-state index in [1.165, 1.54) is 0 Å². The van der Waals surface area contributed by atoms with E-state index in [0.717, 1.165) is 25.1 Å². The second-order valence-electron chi connectivity index (χ2n) is 3.95. The number of hydrogen-bond acceptors (Lipinski definition) is 2. The second kappa shape index (κ2) is 5.12. The molecule has 15 heavy (non-hydrogen) atoms. The van der Waals surface area contributed by atoms with Gasteiger partial charge in [0.1, 0.15) is 0 Å². The Bertz CT molecular complexity index is 294. The molecule has 3 nitrogen and oxygen atoms in total. The summed E-state index contributed by atoms with van der Waals surface area (Å²) in [4.78, 5) is 11.0. The molecule has 0 aliphatic heterocycles. The van der Waals surface area contributed by atoms with Crippen LogP contribution in [0.15, 0.2) is 23.9 Å². The third-order valence-electron chi connectivity index (χ3n) is 2.71. The molecule has 0 fully saturated rings. The molecule has 2 N–H and O–H groups in total. The van der Waals surface area contributed by atoms with E-state index >= 15 is 0 Å². The monoisotopic (exact) mass is 208 g/mol. The van der Waals surface area contributed by atoms with Gasteiger partial charge in [0.25, 0.3) is 0 Å². The summed E-state index contributed by atoms with van der Waals surface area (Å²) in [6, 6.07) is 0. The van der Waals surface area contributed by atoms with Crippen LogP contribution in [0.3, 0.4) is 0 Å². The van der Waals surface area contributed by atoms with Crippen molar-refractivity contribution in [1.82, 2.24) is 10.6 Å². The molecule has 1 rings (SSSR count). The van der Waals surface area contributed by atoms with Crippen LogP contribution in [0.25, 0.3) is 0 Å². The number of carbonyl (C=O) groups excluding carboxylic acids is 1. The van der Waals surface area contributed by atoms with E-state index in [-0.39, 0.29) is 11.4 Å². The van der Waals surface area contributed by atoms with Gasteiger partial charge in [-0.25, -0.2) is 0 Å². The quantitative estimate of drug-likeness (QED) is 0.738. The summed E-state index contributed by atoms with van der Waals surface area (Å²) in [5.41, 5.74) is 1.01. The Hall–Kier alpha value is -1.09. The number of hydrogen-bond donors (Lipinski definition) is 2. The van der Waals surface area contributed by atoms with Crippen LogP contribution in [0.5, 0.6) is 0 Å². The molecule has 0 bridgehead atoms. The smallest absolute Gasteiger partial charge is 0.220 e. The lowest BCUT2D eigenvalue weighted by Gasteiger charge is -2.33. The minimum atomic E-state index is -0.00180. The average Bonchev–Trinajstić information content (AvgIpc) is 2.17. The Morgan fingerprint density at radius 1 is 1.53 bits per heavy atom. The fraction of sp³-hybridized carbons (Fsp3) is 0.583. The zero-order valence-corrected chi connectivity index (χ0v) is 9.76. The highest BCUT2D eigenvalue weighted by molar-refractivity contribution is 5.75. The molecule has 84 valence electrons. The lowest BCUT2D eigenvalue weighted by Crippen LogP contribution is -2.45. The van der Waals surface area contributed by atoms with Gasteiger partial charge in [0.2, 0.25) is 5.91 Å². The minimum absolute atomic E-state index is 0.00180. The Morgan fingerprint density at radius 2 is 2.27 bits per heavy atom. The molecule has 1 unspecified atom stereocenters. The highest BCUT2D eigenvalue weighted by atomic mass is 16.1. The van der Waals surface area contributed by atoms with Crippen LogP contribution in [0.1, 0.15) is 33.6 Å². The molecular formula is C12H20N2O. The highest BCUT2D eigenvalue weighted by Crippen LogP contribution is 2.24. The van der Waals surface area contributed by atoms with E-state index in [9.17, 15) is 4.79 Å². The Morgan fingerprint density at radius 3 is 2.80 bits per heavy atom. The Balaban J connectivity index is 2.71. The van der Waals surface area contributed by atoms with E-state index in [1.807, 2.05) is 12.2 Å². The van der Waals surface area contributed by atoms with Gasteiger partial charge in [-0.1, -0.05) is 26.0 Å². The molecule has 1 aliphatic carbocycles. The van der Waals surface area contributed by atoms with Crippen molar-refractivity contribution in [2.75, 3.05) is 6.54 Å². The standard InChI is InChI=1S/C12H20N2O/c1-4-12(13-5-2)8-6-7-11(9-12)14-10(3)15/h6-8,13H,4-5,9H2,1-3H3,(H,14,15). The van der Waals surface area contributed by atoms with Crippen molar-refractivity contribution in [1.29, 1.82) is 0 Å². The number of nitrogens with one attached hydrogen (secondary N) is 2. The Kier molecular flexibility index (Phi) is 4.09. The molecular weight excluding hydrogens is 188 g/mol. The first-order chi connectivity index (χ1) is 7.12. The third-order valence-corrected chi connectivity index (χ3v) is 2.71. The maximum Gasteiger partial charge on any atom is 0.220 e. The second-order valence-corrected chi connectivity index (χ2v) is 3.95. The number of carbonyl (C=O) groups is 1. The van der Waals surface area contributed by atoms with Gasteiger partial charge in [-0.15, -0.1) is 0 Å². The molecule has 0 heterocycles. The largest absolute Gasteiger partial charge is 0.330 e. The molecule has 0 saturated carbocycles. The number of allylic oxidation sites excluding steroid dienone is 2. The van der Waals surface area contributed by atoms with Crippen LogP contribution in [-0.2, 0) is 4.79 Å². The topological polar surface area (TPSA) is 41.1 Å². The van der Waals surface area contributed by atoms with Crippen LogP contribution < -0.4 is 10.6 Å². The van der Waals surface area contributed by atoms with Crippen LogP contribution in [0.2, 0.25) is 0 Å². The SMILES string of the molecule is CCNC1(CC)C=CC=C(NC(C)=O)C1. The summed E-state index contributed by atoms with van der Waals surface area (Å²) in [5, 5.41) is 6.33. The van der Waals surface area contributed by atoms with Gasteiger partial charge in [0, 0.05) is 24.6 Å². The molecule has 1 aliphatic rings. The molecule has 0 radical (unpaired) electrons. The van der Waals surface area contributed by atoms with E-state index in [1.54, 1.807) is 6.92 Å². The van der Waals surface area contributed by atoms with Crippen LogP contribution in [-0.4, -0.2) is 18.0 Å². The summed E-state index contributed by atoms with van der Waals surface area (Å²) in [5.74, 6) is -0.00180. The summed E-state index contributed by atoms with van der Waals surface area (Å²) in [6.07, 6.45) is 8.04. The predicted octanol–water partition coefficient (Wildman–Crippen LogP) is 1.72. The van der Waals surface area contributed by atoms with Crippen LogP contribution >= 0.6 is 0 Å². The van der Waals surface area contributed by atoms with E-state index < -0.39 is 0 Å². The molecule has 0 spiro atoms. The van der Waals surface area contributed by atoms with Crippen molar-refractivity contribution in [3.05, 3.63) is 23.9 Å². The predicted molar refractivity (Wildman–Crippen MR) is 62.4 cm³/mol. The fourth-order valence-corrected chi connectivity index (χ4v) is 1.96. The number of amides is 1. The van der Waals surface area contributed by atoms with Gasteiger partial charge >= 0.3 is 0 Å². The van der Waals surface area contributed by atoms with Crippen LogP contribution in [0.4, 0.5) is 0 Å². The minimum Gasteiger partial charge on any atom is -0.330 e. The first kappa shape index (κ1) is 12.0. The van der Waals surface area contributed by atoms with Crippen LogP contribution in [0, 0.1) is 0 Å². The molecule has 0 aromatic heterocycles. The van der Waals surface area contributed by atoms with Gasteiger partial charge in [0.15, 0.2) is 0 Å². The maximum absolute atomic E-state index is 11.0. The zero-order chi connectivity index (χ0) is 11.3. The van der Waals surface area contributed by atoms with Crippen molar-refractivity contribution in [3.8, 4) is 0 Å². The van der Waals surface area contributed by atoms with Gasteiger partial charge < -0.3 is 10.6 Å². The van der Waals surface area contributed by atoms with E-state index in [4.69, 9.17) is 0 Å². The summed E-state index contributed by atoms with van der Waals surface area (Å²) in [6.45, 7) is 6.73. The van der Waals surface area contributed by atoms with E-state index in [0.29, 0.717) is 0 Å². The van der Waals surface area contributed by atoms with Crippen molar-refractivity contribution in [2.45, 2.75) is 39.2 Å². The van der Waals surface area contributed by atoms with E-state index in [2.05, 4.69) is 30.6 Å². The molecule has 0 aromatic rings. The first-order valence-electron chi connectivity index (χ1n) is 5.53. The van der Waals surface area contributed by atoms with Crippen molar-refractivity contribution < 1.29 is 4.79 Å². The average molecular weight is 208 g/mol.